The first-order chi connectivity index (χ1) is 12.5. The van der Waals surface area contributed by atoms with E-state index in [-0.39, 0.29) is 23.3 Å². The molecule has 2 heterocycles. The number of rotatable bonds is 7. The number of carbonyl (C=O) groups excluding carboxylic acids is 1. The van der Waals surface area contributed by atoms with Gasteiger partial charge < -0.3 is 4.90 Å². The van der Waals surface area contributed by atoms with Crippen LogP contribution in [-0.4, -0.2) is 47.9 Å². The molecule has 27 heavy (non-hydrogen) atoms. The highest BCUT2D eigenvalue weighted by molar-refractivity contribution is 7.22. The molecule has 0 unspecified atom stereocenters. The first-order valence-electron chi connectivity index (χ1n) is 8.02. The van der Waals surface area contributed by atoms with Crippen molar-refractivity contribution in [2.45, 2.75) is 6.42 Å². The summed E-state index contributed by atoms with van der Waals surface area (Å²) in [4.78, 5) is 32.0. The number of carbonyl (C=O) groups is 1. The van der Waals surface area contributed by atoms with Crippen LogP contribution < -0.4 is 4.90 Å². The topological polar surface area (TPSA) is 79.6 Å². The first-order valence-corrected chi connectivity index (χ1v) is 9.65. The fraction of sp³-hybridized carbons (Fsp3) is 0.294. The Morgan fingerprint density at radius 3 is 2.52 bits per heavy atom. The van der Waals surface area contributed by atoms with Gasteiger partial charge in [-0.15, -0.1) is 12.4 Å². The lowest BCUT2D eigenvalue weighted by atomic mass is 10.3. The number of hydrogen-bond donors (Lipinski definition) is 0. The third kappa shape index (κ3) is 5.01. The molecule has 10 heteroatoms. The molecule has 0 N–H and O–H groups in total. The SMILES string of the molecule is CN(C)CCCN(C(=O)c1ccc([N+](=O)[O-])s1)c1nc2ccccc2s1.Cl. The van der Waals surface area contributed by atoms with Crippen LogP contribution in [0.1, 0.15) is 16.1 Å². The number of nitrogens with zero attached hydrogens (tertiary/aromatic N) is 4. The molecular weight excluding hydrogens is 408 g/mol. The van der Waals surface area contributed by atoms with E-state index in [1.807, 2.05) is 38.4 Å². The quantitative estimate of drug-likeness (QED) is 0.416. The van der Waals surface area contributed by atoms with Crippen molar-refractivity contribution in [1.82, 2.24) is 9.88 Å². The molecule has 0 fully saturated rings. The molecule has 7 nitrogen and oxygen atoms in total. The Kier molecular flexibility index (Phi) is 7.25. The number of benzene rings is 1. The number of anilines is 1. The van der Waals surface area contributed by atoms with Gasteiger partial charge in [0, 0.05) is 12.6 Å². The Labute approximate surface area is 170 Å². The molecule has 0 saturated carbocycles. The second-order valence-corrected chi connectivity index (χ2v) is 8.04. The predicted octanol–water partition coefficient (Wildman–Crippen LogP) is 4.29. The van der Waals surface area contributed by atoms with Crippen LogP contribution in [0.3, 0.4) is 0 Å². The number of nitro groups is 1. The average Bonchev–Trinajstić information content (AvgIpc) is 3.24. The van der Waals surface area contributed by atoms with Crippen LogP contribution in [0, 0.1) is 10.1 Å². The highest BCUT2D eigenvalue weighted by Gasteiger charge is 2.24. The van der Waals surface area contributed by atoms with Gasteiger partial charge in [-0.3, -0.25) is 19.8 Å². The van der Waals surface area contributed by atoms with E-state index in [1.165, 1.54) is 23.5 Å². The number of fused-ring (bicyclic) bond motifs is 1. The minimum atomic E-state index is -0.477. The average molecular weight is 427 g/mol. The minimum absolute atomic E-state index is 0. The lowest BCUT2D eigenvalue weighted by Crippen LogP contribution is -2.32. The summed E-state index contributed by atoms with van der Waals surface area (Å²) in [6.07, 6.45) is 0.780. The van der Waals surface area contributed by atoms with Gasteiger partial charge >= 0.3 is 5.00 Å². The molecule has 0 aliphatic rings. The van der Waals surface area contributed by atoms with Gasteiger partial charge in [0.05, 0.1) is 20.0 Å². The highest BCUT2D eigenvalue weighted by Crippen LogP contribution is 2.32. The standard InChI is InChI=1S/C17H18N4O3S2.ClH/c1-19(2)10-5-11-20(16(22)14-8-9-15(25-14)21(23)24)17-18-12-6-3-4-7-13(12)26-17;/h3-4,6-9H,5,10-11H2,1-2H3;1H. The molecule has 0 spiro atoms. The Morgan fingerprint density at radius 1 is 1.15 bits per heavy atom. The summed E-state index contributed by atoms with van der Waals surface area (Å²) in [5.74, 6) is -0.249. The third-order valence-electron chi connectivity index (χ3n) is 3.73. The Hall–Kier alpha value is -2.07. The van der Waals surface area contributed by atoms with E-state index in [1.54, 1.807) is 4.90 Å². The second-order valence-electron chi connectivity index (χ2n) is 5.97. The number of para-hydroxylation sites is 1. The van der Waals surface area contributed by atoms with Gasteiger partial charge in [-0.2, -0.15) is 0 Å². The first kappa shape index (κ1) is 21.2. The summed E-state index contributed by atoms with van der Waals surface area (Å²) in [7, 11) is 3.96. The van der Waals surface area contributed by atoms with Gasteiger partial charge in [-0.05, 0) is 45.3 Å². The van der Waals surface area contributed by atoms with E-state index in [2.05, 4.69) is 9.88 Å². The third-order valence-corrected chi connectivity index (χ3v) is 5.81. The molecule has 3 rings (SSSR count). The monoisotopic (exact) mass is 426 g/mol. The van der Waals surface area contributed by atoms with Crippen molar-refractivity contribution in [3.63, 3.8) is 0 Å². The number of hydrogen-bond acceptors (Lipinski definition) is 7. The van der Waals surface area contributed by atoms with Gasteiger partial charge in [-0.25, -0.2) is 4.98 Å². The summed E-state index contributed by atoms with van der Waals surface area (Å²) in [6, 6.07) is 10.6. The number of thiazole rings is 1. The van der Waals surface area contributed by atoms with Crippen LogP contribution in [0.25, 0.3) is 10.2 Å². The maximum atomic E-state index is 13.0. The Bertz CT molecular complexity index is 908. The normalized spacial score (nSPS) is 10.8. The zero-order valence-electron chi connectivity index (χ0n) is 14.8. The zero-order chi connectivity index (χ0) is 18.7. The van der Waals surface area contributed by atoms with Gasteiger partial charge in [0.1, 0.15) is 0 Å². The van der Waals surface area contributed by atoms with Crippen molar-refractivity contribution in [2.24, 2.45) is 0 Å². The fourth-order valence-corrected chi connectivity index (χ4v) is 4.24. The van der Waals surface area contributed by atoms with Gasteiger partial charge in [-0.1, -0.05) is 34.8 Å². The predicted molar refractivity (Wildman–Crippen MR) is 113 cm³/mol. The highest BCUT2D eigenvalue weighted by atomic mass is 35.5. The number of amides is 1. The van der Waals surface area contributed by atoms with Crippen LogP contribution in [0.2, 0.25) is 0 Å². The Balaban J connectivity index is 0.00000261. The minimum Gasteiger partial charge on any atom is -0.309 e. The molecule has 0 aliphatic carbocycles. The van der Waals surface area contributed by atoms with Crippen LogP contribution >= 0.6 is 35.1 Å². The van der Waals surface area contributed by atoms with Gasteiger partial charge in [0.15, 0.2) is 5.13 Å². The number of aromatic nitrogens is 1. The number of thiophene rings is 1. The van der Waals surface area contributed by atoms with Crippen LogP contribution in [0.5, 0.6) is 0 Å². The summed E-state index contributed by atoms with van der Waals surface area (Å²) in [5, 5.41) is 11.5. The van der Waals surface area contributed by atoms with E-state index < -0.39 is 4.92 Å². The molecule has 1 aromatic carbocycles. The number of halogens is 1. The fourth-order valence-electron chi connectivity index (χ4n) is 2.48. The summed E-state index contributed by atoms with van der Waals surface area (Å²) in [5.41, 5.74) is 0.843. The molecule has 0 atom stereocenters. The van der Waals surface area contributed by atoms with Crippen molar-refractivity contribution < 1.29 is 9.72 Å². The summed E-state index contributed by atoms with van der Waals surface area (Å²) in [6.45, 7) is 1.34. The Morgan fingerprint density at radius 2 is 1.89 bits per heavy atom. The van der Waals surface area contributed by atoms with Crippen molar-refractivity contribution >= 4 is 61.3 Å². The molecule has 0 saturated heterocycles. The smallest absolute Gasteiger partial charge is 0.309 e. The maximum Gasteiger partial charge on any atom is 0.324 e. The zero-order valence-corrected chi connectivity index (χ0v) is 17.3. The van der Waals surface area contributed by atoms with E-state index in [4.69, 9.17) is 0 Å². The van der Waals surface area contributed by atoms with Crippen LogP contribution in [0.4, 0.5) is 10.1 Å². The van der Waals surface area contributed by atoms with Crippen LogP contribution in [0.15, 0.2) is 36.4 Å². The molecule has 144 valence electrons. The lowest BCUT2D eigenvalue weighted by Gasteiger charge is -2.20. The van der Waals surface area contributed by atoms with Crippen LogP contribution in [-0.2, 0) is 0 Å². The van der Waals surface area contributed by atoms with Crippen molar-refractivity contribution in [1.29, 1.82) is 0 Å². The van der Waals surface area contributed by atoms with Gasteiger partial charge in [0.25, 0.3) is 5.91 Å². The van der Waals surface area contributed by atoms with E-state index in [0.29, 0.717) is 16.6 Å². The molecule has 1 amide bonds. The molecule has 0 radical (unpaired) electrons. The summed E-state index contributed by atoms with van der Waals surface area (Å²) >= 11 is 2.35. The van der Waals surface area contributed by atoms with Crippen molar-refractivity contribution in [3.8, 4) is 0 Å². The second kappa shape index (κ2) is 9.23. The molecule has 0 aliphatic heterocycles. The molecule has 0 bridgehead atoms. The van der Waals surface area contributed by atoms with Gasteiger partial charge in [0.2, 0.25) is 0 Å². The maximum absolute atomic E-state index is 13.0. The molecule has 3 aromatic rings. The van der Waals surface area contributed by atoms with Crippen molar-refractivity contribution in [2.75, 3.05) is 32.1 Å². The van der Waals surface area contributed by atoms with E-state index in [9.17, 15) is 14.9 Å². The summed E-state index contributed by atoms with van der Waals surface area (Å²) < 4.78 is 1.00. The van der Waals surface area contributed by atoms with E-state index >= 15 is 0 Å². The molecule has 2 aromatic heterocycles. The largest absolute Gasteiger partial charge is 0.324 e. The van der Waals surface area contributed by atoms with E-state index in [0.717, 1.165) is 34.5 Å². The van der Waals surface area contributed by atoms with Crippen molar-refractivity contribution in [3.05, 3.63) is 51.4 Å². The molecular formula is C17H19ClN4O3S2. The lowest BCUT2D eigenvalue weighted by molar-refractivity contribution is -0.380.